The van der Waals surface area contributed by atoms with Crippen LogP contribution in [0, 0.1) is 37.1 Å². The number of carbonyl (C=O) groups excluding carboxylic acids is 8. The maximum absolute atomic E-state index is 13.9. The summed E-state index contributed by atoms with van der Waals surface area (Å²) in [4.78, 5) is 96.5. The summed E-state index contributed by atoms with van der Waals surface area (Å²) in [7, 11) is 0. The molecular formula is C82H56F16N4O16. The number of nitrogens with one attached hydrogen (secondary N) is 4. The molecule has 118 heavy (non-hydrogen) atoms. The van der Waals surface area contributed by atoms with Crippen molar-refractivity contribution in [1.82, 2.24) is 21.3 Å². The van der Waals surface area contributed by atoms with Crippen molar-refractivity contribution in [3.63, 3.8) is 0 Å². The van der Waals surface area contributed by atoms with E-state index in [0.29, 0.717) is 23.6 Å². The van der Waals surface area contributed by atoms with Crippen molar-refractivity contribution in [1.29, 1.82) is 0 Å². The molecular weight excluding hydrogens is 1600 g/mol. The largest absolute Gasteiger partial charge is 0.573 e. The van der Waals surface area contributed by atoms with E-state index in [-0.39, 0.29) is 100.0 Å². The number of halogens is 16. The molecule has 0 aromatic heterocycles. The lowest BCUT2D eigenvalue weighted by atomic mass is 10.1. The monoisotopic (exact) mass is 1660 g/mol. The second-order valence-electron chi connectivity index (χ2n) is 24.4. The van der Waals surface area contributed by atoms with Gasteiger partial charge in [0.1, 0.15) is 63.3 Å². The van der Waals surface area contributed by atoms with Gasteiger partial charge in [-0.25, -0.2) is 17.6 Å². The molecule has 0 bridgehead atoms. The Kier molecular flexibility index (Phi) is 28.6. The summed E-state index contributed by atoms with van der Waals surface area (Å²) in [6.07, 6.45) is -2.32. The second-order valence-corrected chi connectivity index (χ2v) is 24.4. The Bertz CT molecular complexity index is 5430. The topological polar surface area (TPSA) is 259 Å². The first kappa shape index (κ1) is 87.5. The fourth-order valence-electron chi connectivity index (χ4n) is 10.2. The van der Waals surface area contributed by atoms with Crippen molar-refractivity contribution < 1.29 is 146 Å². The van der Waals surface area contributed by atoms with Gasteiger partial charge < -0.3 is 59.2 Å². The third-order valence-corrected chi connectivity index (χ3v) is 15.3. The Hall–Kier alpha value is -14.5. The van der Waals surface area contributed by atoms with Crippen LogP contribution in [0.5, 0.6) is 69.0 Å². The minimum atomic E-state index is -5.03. The summed E-state index contributed by atoms with van der Waals surface area (Å²) in [6, 6.07) is 30.6. The fourth-order valence-corrected chi connectivity index (χ4v) is 10.2. The Morgan fingerprint density at radius 3 is 0.941 bits per heavy atom. The first-order valence-corrected chi connectivity index (χ1v) is 33.9. The van der Waals surface area contributed by atoms with Crippen molar-refractivity contribution in [2.45, 2.75) is 65.0 Å². The van der Waals surface area contributed by atoms with Gasteiger partial charge in [-0.3, -0.25) is 38.4 Å². The number of para-hydroxylation sites is 2. The van der Waals surface area contributed by atoms with Crippen LogP contribution < -0.4 is 59.2 Å². The second kappa shape index (κ2) is 38.6. The molecule has 4 aliphatic rings. The number of hydrogen-bond acceptors (Lipinski definition) is 16. The van der Waals surface area contributed by atoms with Crippen LogP contribution in [0.25, 0.3) is 0 Å². The van der Waals surface area contributed by atoms with Crippen molar-refractivity contribution >= 4 is 46.8 Å². The van der Waals surface area contributed by atoms with Crippen LogP contribution in [0.3, 0.4) is 0 Å². The third-order valence-electron chi connectivity index (χ3n) is 15.3. The first-order chi connectivity index (χ1) is 55.6. The van der Waals surface area contributed by atoms with E-state index in [9.17, 15) is 109 Å². The predicted octanol–water partition coefficient (Wildman–Crippen LogP) is 19.3. The molecule has 4 amide bonds. The van der Waals surface area contributed by atoms with E-state index in [2.05, 4.69) is 40.2 Å². The number of rotatable bonds is 20. The van der Waals surface area contributed by atoms with Crippen LogP contribution in [0.15, 0.2) is 253 Å². The lowest BCUT2D eigenvalue weighted by Gasteiger charge is -2.16. The van der Waals surface area contributed by atoms with Gasteiger partial charge in [-0.2, -0.15) is 0 Å². The highest BCUT2D eigenvalue weighted by Gasteiger charge is 2.36. The first-order valence-electron chi connectivity index (χ1n) is 33.9. The van der Waals surface area contributed by atoms with E-state index in [4.69, 9.17) is 18.9 Å². The molecule has 0 heterocycles. The van der Waals surface area contributed by atoms with Gasteiger partial charge >= 0.3 is 25.4 Å². The summed E-state index contributed by atoms with van der Waals surface area (Å²) in [5.41, 5.74) is 1.12. The average Bonchev–Trinajstić information content (AvgIpc) is 0.821. The Morgan fingerprint density at radius 1 is 0.314 bits per heavy atom. The number of amides is 4. The molecule has 0 unspecified atom stereocenters. The molecule has 0 saturated carbocycles. The van der Waals surface area contributed by atoms with E-state index in [1.807, 2.05) is 6.92 Å². The van der Waals surface area contributed by atoms with Gasteiger partial charge in [0.25, 0.3) is 23.6 Å². The minimum Gasteiger partial charge on any atom is -0.457 e. The predicted molar refractivity (Wildman–Crippen MR) is 385 cm³/mol. The van der Waals surface area contributed by atoms with Crippen molar-refractivity contribution in [3.8, 4) is 69.0 Å². The number of aryl methyl sites for hydroxylation is 2. The van der Waals surface area contributed by atoms with Gasteiger partial charge in [-0.05, 0) is 159 Å². The van der Waals surface area contributed by atoms with Crippen LogP contribution in [0.1, 0.15) is 78.2 Å². The van der Waals surface area contributed by atoms with Crippen LogP contribution >= 0.6 is 0 Å². The van der Waals surface area contributed by atoms with E-state index in [1.165, 1.54) is 60.7 Å². The van der Waals surface area contributed by atoms with Gasteiger partial charge in [-0.15, -0.1) is 52.7 Å². The number of hydrogen-bond donors (Lipinski definition) is 4. The molecule has 0 aliphatic heterocycles. The van der Waals surface area contributed by atoms with Gasteiger partial charge in [0, 0.05) is 78.8 Å². The van der Waals surface area contributed by atoms with Crippen LogP contribution in [-0.2, 0) is 19.2 Å². The van der Waals surface area contributed by atoms with Gasteiger partial charge in [0.15, 0.2) is 52.1 Å². The SMILES string of the molecule is Cc1ccc(Oc2ccc(OC(F)(F)F)cc2C(=O)NC2=CC(=O)CC=C2)cc1.Cc1ccccc1Oc1ccc(OC(F)(F)F)cc1C(=O)NC1=CC(=O)CC=C1.O=C1C=C(NC(=O)c2cc(OC(F)(F)F)ccc2Oc2c(F)cccc2F)C=CC1.O=C1C=C(NC(=O)c2cc(OC(F)(F)F)ccc2Oc2ccc(F)cc2F)C=CC1. The quantitative estimate of drug-likeness (QED) is 0.0517. The Morgan fingerprint density at radius 2 is 0.619 bits per heavy atom. The van der Waals surface area contributed by atoms with E-state index < -0.39 is 124 Å². The lowest BCUT2D eigenvalue weighted by Crippen LogP contribution is -2.24. The number of allylic oxidation sites excluding steroid dienone is 12. The molecule has 4 N–H and O–H groups in total. The molecule has 0 atom stereocenters. The highest BCUT2D eigenvalue weighted by Crippen LogP contribution is 2.39. The highest BCUT2D eigenvalue weighted by molar-refractivity contribution is 6.04. The summed E-state index contributed by atoms with van der Waals surface area (Å²) >= 11 is 0. The Balaban J connectivity index is 0.000000179. The number of alkyl halides is 12. The number of ether oxygens (including phenoxy) is 8. The average molecular weight is 1660 g/mol. The molecule has 0 saturated heterocycles. The zero-order chi connectivity index (χ0) is 85.8. The number of ketones is 4. The molecule has 8 aromatic carbocycles. The highest BCUT2D eigenvalue weighted by atomic mass is 19.4. The summed E-state index contributed by atoms with van der Waals surface area (Å²) in [6.45, 7) is 3.68. The molecule has 612 valence electrons. The minimum absolute atomic E-state index is 0.0348. The van der Waals surface area contributed by atoms with E-state index in [1.54, 1.807) is 67.6 Å². The standard InChI is InChI=1S/2C21H16F3NO4.2C20H12F5NO4/c1-13-5-2-3-8-18(13)28-19-10-9-16(29-21(22,23)24)12-17(19)20(27)25-14-6-4-7-15(26)11-14;1-13-5-7-16(8-6-13)28-19-10-9-17(29-21(22,23)24)12-18(19)20(27)25-14-3-2-4-15(26)11-14;21-15-5-2-6-16(22)18(15)29-17-8-7-13(30-20(23,24)25)10-14(17)19(28)26-11-3-1-4-12(27)9-11;21-11-4-6-18(16(22)8-11)29-17-7-5-14(30-20(23,24)25)10-15(17)19(28)26-12-2-1-3-13(27)9-12/h2-6,8-12H,7H2,1H3,(H,25,27);2-3,5-12H,4H2,1H3,(H,25,27);1-3,5-10H,4H2,(H,26,28);1-2,4-10H,3H2,(H,26,28). The third kappa shape index (κ3) is 27.4. The lowest BCUT2D eigenvalue weighted by molar-refractivity contribution is -0.275. The molecule has 0 radical (unpaired) electrons. The molecule has 8 aromatic rings. The molecule has 0 fully saturated rings. The molecule has 0 spiro atoms. The normalized spacial score (nSPS) is 13.6. The summed E-state index contributed by atoms with van der Waals surface area (Å²) < 4.78 is 243. The number of benzene rings is 8. The molecule has 20 nitrogen and oxygen atoms in total. The van der Waals surface area contributed by atoms with Crippen molar-refractivity contribution in [2.75, 3.05) is 0 Å². The zero-order valence-electron chi connectivity index (χ0n) is 60.3. The maximum atomic E-state index is 13.9. The molecule has 36 heteroatoms. The number of carbonyl (C=O) groups is 8. The summed E-state index contributed by atoms with van der Waals surface area (Å²) in [5, 5.41) is 9.65. The maximum Gasteiger partial charge on any atom is 0.573 e. The van der Waals surface area contributed by atoms with Gasteiger partial charge in [-0.1, -0.05) is 66.3 Å². The molecule has 4 aliphatic carbocycles. The van der Waals surface area contributed by atoms with Crippen molar-refractivity contribution in [3.05, 3.63) is 310 Å². The van der Waals surface area contributed by atoms with E-state index >= 15 is 0 Å². The molecule has 12 rings (SSSR count). The van der Waals surface area contributed by atoms with Crippen LogP contribution in [0.4, 0.5) is 70.2 Å². The van der Waals surface area contributed by atoms with E-state index in [0.717, 1.165) is 108 Å². The van der Waals surface area contributed by atoms with Gasteiger partial charge in [0.2, 0.25) is 0 Å². The van der Waals surface area contributed by atoms with Crippen LogP contribution in [0.2, 0.25) is 0 Å². The fraction of sp³-hybridized carbons (Fsp3) is 0.122. The summed E-state index contributed by atoms with van der Waals surface area (Å²) in [5.74, 6) is -12.3. The van der Waals surface area contributed by atoms with Crippen LogP contribution in [-0.4, -0.2) is 72.2 Å². The van der Waals surface area contributed by atoms with Gasteiger partial charge in [0.05, 0.1) is 22.3 Å². The van der Waals surface area contributed by atoms with Crippen molar-refractivity contribution in [2.24, 2.45) is 0 Å². The zero-order valence-corrected chi connectivity index (χ0v) is 60.3. The Labute approximate surface area is 656 Å². The smallest absolute Gasteiger partial charge is 0.457 e.